The van der Waals surface area contributed by atoms with E-state index in [-0.39, 0.29) is 12.2 Å². The van der Waals surface area contributed by atoms with Crippen LogP contribution in [0, 0.1) is 11.3 Å². The van der Waals surface area contributed by atoms with Crippen LogP contribution in [0.15, 0.2) is 48.0 Å². The minimum absolute atomic E-state index is 0.0883. The average Bonchev–Trinajstić information content (AvgIpc) is 3.33. The van der Waals surface area contributed by atoms with Crippen LogP contribution in [0.4, 0.5) is 5.13 Å². The first-order valence-corrected chi connectivity index (χ1v) is 11.0. The molecule has 0 bridgehead atoms. The summed E-state index contributed by atoms with van der Waals surface area (Å²) in [5.41, 5.74) is 1.80. The van der Waals surface area contributed by atoms with Gasteiger partial charge >= 0.3 is 5.97 Å². The highest BCUT2D eigenvalue weighted by atomic mass is 32.1. The van der Waals surface area contributed by atoms with Crippen LogP contribution < -0.4 is 14.8 Å². The van der Waals surface area contributed by atoms with E-state index in [2.05, 4.69) is 15.5 Å². The van der Waals surface area contributed by atoms with Crippen LogP contribution in [-0.4, -0.2) is 36.3 Å². The van der Waals surface area contributed by atoms with Crippen molar-refractivity contribution in [3.8, 4) is 17.6 Å². The van der Waals surface area contributed by atoms with Gasteiger partial charge in [0.05, 0.1) is 19.8 Å². The number of benzene rings is 2. The van der Waals surface area contributed by atoms with Crippen LogP contribution in [0.25, 0.3) is 6.08 Å². The molecule has 34 heavy (non-hydrogen) atoms. The van der Waals surface area contributed by atoms with E-state index in [0.717, 1.165) is 10.6 Å². The lowest BCUT2D eigenvalue weighted by Gasteiger charge is -2.12. The van der Waals surface area contributed by atoms with Crippen LogP contribution in [0.1, 0.15) is 33.4 Å². The second kappa shape index (κ2) is 11.6. The van der Waals surface area contributed by atoms with Gasteiger partial charge in [-0.15, -0.1) is 10.2 Å². The van der Waals surface area contributed by atoms with Gasteiger partial charge in [0, 0.05) is 0 Å². The van der Waals surface area contributed by atoms with Crippen LogP contribution in [0.3, 0.4) is 0 Å². The zero-order valence-electron chi connectivity index (χ0n) is 18.8. The molecule has 0 spiro atoms. The van der Waals surface area contributed by atoms with Gasteiger partial charge in [0.25, 0.3) is 5.91 Å². The SMILES string of the molecule is CCc1nnc(NC(=O)C(C#N)=Cc2ccc(OCc3ccc(C(=O)OC)cc3)c(OC)c2)s1. The maximum absolute atomic E-state index is 12.5. The molecule has 0 saturated heterocycles. The fraction of sp³-hybridized carbons (Fsp3) is 0.208. The molecule has 0 aliphatic heterocycles. The molecule has 0 aliphatic rings. The number of aryl methyl sites for hydroxylation is 1. The van der Waals surface area contributed by atoms with E-state index in [4.69, 9.17) is 14.2 Å². The Kier molecular flexibility index (Phi) is 8.32. The van der Waals surface area contributed by atoms with Gasteiger partial charge < -0.3 is 14.2 Å². The predicted molar refractivity (Wildman–Crippen MR) is 127 cm³/mol. The fourth-order valence-corrected chi connectivity index (χ4v) is 3.51. The normalized spacial score (nSPS) is 10.8. The lowest BCUT2D eigenvalue weighted by molar-refractivity contribution is -0.112. The van der Waals surface area contributed by atoms with Crippen LogP contribution in [-0.2, 0) is 22.6 Å². The standard InChI is InChI=1S/C24H22N4O5S/c1-4-21-27-28-24(34-21)26-22(29)18(13-25)11-16-7-10-19(20(12-16)31-2)33-14-15-5-8-17(9-6-15)23(30)32-3/h5-12H,4,14H2,1-3H3,(H,26,28,29). The monoisotopic (exact) mass is 478 g/mol. The third-order valence-electron chi connectivity index (χ3n) is 4.62. The highest BCUT2D eigenvalue weighted by molar-refractivity contribution is 7.15. The third-order valence-corrected chi connectivity index (χ3v) is 5.61. The summed E-state index contributed by atoms with van der Waals surface area (Å²) < 4.78 is 15.9. The molecule has 3 aromatic rings. The number of rotatable bonds is 9. The predicted octanol–water partition coefficient (Wildman–Crippen LogP) is 4.02. The number of hydrogen-bond donors (Lipinski definition) is 1. The zero-order valence-corrected chi connectivity index (χ0v) is 19.6. The molecule has 1 amide bonds. The number of carbonyl (C=O) groups is 2. The van der Waals surface area contributed by atoms with E-state index in [1.165, 1.54) is 31.6 Å². The molecule has 0 fully saturated rings. The van der Waals surface area contributed by atoms with Gasteiger partial charge in [-0.3, -0.25) is 10.1 Å². The summed E-state index contributed by atoms with van der Waals surface area (Å²) in [5.74, 6) is -0.0526. The Bertz CT molecular complexity index is 1240. The van der Waals surface area contributed by atoms with Gasteiger partial charge in [-0.1, -0.05) is 36.5 Å². The molecule has 10 heteroatoms. The molecule has 0 aliphatic carbocycles. The van der Waals surface area contributed by atoms with E-state index in [1.807, 2.05) is 13.0 Å². The van der Waals surface area contributed by atoms with E-state index in [9.17, 15) is 14.9 Å². The Labute approximate surface area is 200 Å². The second-order valence-electron chi connectivity index (χ2n) is 6.87. The van der Waals surface area contributed by atoms with Gasteiger partial charge in [0.15, 0.2) is 11.5 Å². The smallest absolute Gasteiger partial charge is 0.337 e. The first kappa shape index (κ1) is 24.4. The third kappa shape index (κ3) is 6.17. The highest BCUT2D eigenvalue weighted by Crippen LogP contribution is 2.30. The largest absolute Gasteiger partial charge is 0.493 e. The molecule has 0 radical (unpaired) electrons. The highest BCUT2D eigenvalue weighted by Gasteiger charge is 2.14. The molecule has 0 atom stereocenters. The number of nitrogens with zero attached hydrogens (tertiary/aromatic N) is 3. The molecule has 174 valence electrons. The van der Waals surface area contributed by atoms with E-state index in [0.29, 0.717) is 34.2 Å². The summed E-state index contributed by atoms with van der Waals surface area (Å²) in [6.45, 7) is 2.19. The van der Waals surface area contributed by atoms with E-state index < -0.39 is 11.9 Å². The number of esters is 1. The van der Waals surface area contributed by atoms with Crippen molar-refractivity contribution >= 4 is 34.4 Å². The van der Waals surface area contributed by atoms with Crippen molar-refractivity contribution in [1.82, 2.24) is 10.2 Å². The van der Waals surface area contributed by atoms with Crippen LogP contribution in [0.2, 0.25) is 0 Å². The van der Waals surface area contributed by atoms with Gasteiger partial charge in [0.2, 0.25) is 5.13 Å². The molecule has 0 unspecified atom stereocenters. The topological polar surface area (TPSA) is 123 Å². The molecule has 1 heterocycles. The first-order chi connectivity index (χ1) is 16.5. The second-order valence-corrected chi connectivity index (χ2v) is 7.93. The number of aromatic nitrogens is 2. The van der Waals surface area contributed by atoms with Gasteiger partial charge in [-0.2, -0.15) is 5.26 Å². The Hall–Kier alpha value is -4.23. The summed E-state index contributed by atoms with van der Waals surface area (Å²) in [7, 11) is 2.83. The first-order valence-electron chi connectivity index (χ1n) is 10.2. The maximum Gasteiger partial charge on any atom is 0.337 e. The van der Waals surface area contributed by atoms with Crippen molar-refractivity contribution in [2.75, 3.05) is 19.5 Å². The van der Waals surface area contributed by atoms with E-state index >= 15 is 0 Å². The number of ether oxygens (including phenoxy) is 3. The van der Waals surface area contributed by atoms with Crippen molar-refractivity contribution in [1.29, 1.82) is 5.26 Å². The number of nitriles is 1. The molecular formula is C24H22N4O5S. The Morgan fingerprint density at radius 3 is 2.50 bits per heavy atom. The summed E-state index contributed by atoms with van der Waals surface area (Å²) in [6, 6.07) is 13.8. The minimum atomic E-state index is -0.573. The Balaban J connectivity index is 1.70. The van der Waals surface area contributed by atoms with E-state index in [1.54, 1.807) is 42.5 Å². The molecule has 9 nitrogen and oxygen atoms in total. The van der Waals surface area contributed by atoms with Gasteiger partial charge in [-0.05, 0) is 47.9 Å². The molecule has 0 saturated carbocycles. The Morgan fingerprint density at radius 2 is 1.88 bits per heavy atom. The molecule has 1 N–H and O–H groups in total. The number of nitrogens with one attached hydrogen (secondary N) is 1. The Morgan fingerprint density at radius 1 is 1.12 bits per heavy atom. The summed E-state index contributed by atoms with van der Waals surface area (Å²) in [6.07, 6.45) is 2.16. The number of methoxy groups -OCH3 is 2. The fourth-order valence-electron chi connectivity index (χ4n) is 2.84. The molecular weight excluding hydrogens is 456 g/mol. The summed E-state index contributed by atoms with van der Waals surface area (Å²) >= 11 is 1.26. The lowest BCUT2D eigenvalue weighted by atomic mass is 10.1. The van der Waals surface area contributed by atoms with Crippen LogP contribution in [0.5, 0.6) is 11.5 Å². The number of carbonyl (C=O) groups excluding carboxylic acids is 2. The van der Waals surface area contributed by atoms with Crippen molar-refractivity contribution in [2.24, 2.45) is 0 Å². The van der Waals surface area contributed by atoms with Crippen molar-refractivity contribution in [3.05, 3.63) is 69.7 Å². The summed E-state index contributed by atoms with van der Waals surface area (Å²) in [5, 5.41) is 21.0. The van der Waals surface area contributed by atoms with Crippen LogP contribution >= 0.6 is 11.3 Å². The minimum Gasteiger partial charge on any atom is -0.493 e. The summed E-state index contributed by atoms with van der Waals surface area (Å²) in [4.78, 5) is 24.0. The number of amides is 1. The molecule has 1 aromatic heterocycles. The van der Waals surface area contributed by atoms with Gasteiger partial charge in [0.1, 0.15) is 23.3 Å². The van der Waals surface area contributed by atoms with Crippen molar-refractivity contribution in [3.63, 3.8) is 0 Å². The van der Waals surface area contributed by atoms with Gasteiger partial charge in [-0.25, -0.2) is 4.79 Å². The maximum atomic E-state index is 12.5. The lowest BCUT2D eigenvalue weighted by Crippen LogP contribution is -2.13. The number of anilines is 1. The average molecular weight is 479 g/mol. The molecule has 3 rings (SSSR count). The molecule has 2 aromatic carbocycles. The zero-order chi connectivity index (χ0) is 24.5. The number of hydrogen-bond acceptors (Lipinski definition) is 9. The quantitative estimate of drug-likeness (QED) is 0.278. The van der Waals surface area contributed by atoms with Crippen molar-refractivity contribution in [2.45, 2.75) is 20.0 Å². The van der Waals surface area contributed by atoms with Crippen molar-refractivity contribution < 1.29 is 23.8 Å².